The minimum atomic E-state index is -3.48. The number of benzene rings is 2. The first kappa shape index (κ1) is 27.1. The summed E-state index contributed by atoms with van der Waals surface area (Å²) >= 11 is 7.31. The van der Waals surface area contributed by atoms with Gasteiger partial charge >= 0.3 is 6.03 Å². The van der Waals surface area contributed by atoms with E-state index in [0.717, 1.165) is 24.4 Å². The van der Waals surface area contributed by atoms with Crippen LogP contribution in [0, 0.1) is 0 Å². The van der Waals surface area contributed by atoms with E-state index in [-0.39, 0.29) is 20.6 Å². The molecule has 1 aliphatic heterocycles. The second-order valence-corrected chi connectivity index (χ2v) is 12.2. The number of amides is 3. The molecule has 3 amide bonds. The van der Waals surface area contributed by atoms with Gasteiger partial charge in [0.15, 0.2) is 26.5 Å². The number of sulfone groups is 1. The number of piperidine rings is 1. The monoisotopic (exact) mass is 566 g/mol. The van der Waals surface area contributed by atoms with E-state index in [1.54, 1.807) is 25.1 Å². The zero-order chi connectivity index (χ0) is 26.7. The fourth-order valence-electron chi connectivity index (χ4n) is 4.06. The van der Waals surface area contributed by atoms with Gasteiger partial charge in [0.05, 0.1) is 44.7 Å². The molecule has 0 unspecified atom stereocenters. The Morgan fingerprint density at radius 3 is 2.59 bits per heavy atom. The van der Waals surface area contributed by atoms with Gasteiger partial charge in [0, 0.05) is 6.07 Å². The fourth-order valence-corrected chi connectivity index (χ4v) is 7.03. The third-order valence-electron chi connectivity index (χ3n) is 6.04. The Bertz CT molecular complexity index is 1430. The van der Waals surface area contributed by atoms with Gasteiger partial charge in [-0.25, -0.2) is 18.2 Å². The largest absolute Gasteiger partial charge is 0.493 e. The number of anilines is 1. The molecule has 198 valence electrons. The van der Waals surface area contributed by atoms with Crippen LogP contribution in [0.1, 0.15) is 30.1 Å². The molecule has 0 atom stereocenters. The number of ether oxygens (including phenoxy) is 2. The summed E-state index contributed by atoms with van der Waals surface area (Å²) in [6, 6.07) is 6.77. The van der Waals surface area contributed by atoms with Crippen molar-refractivity contribution in [3.8, 4) is 11.5 Å². The Morgan fingerprint density at radius 2 is 1.92 bits per heavy atom. The Labute approximate surface area is 223 Å². The van der Waals surface area contributed by atoms with E-state index in [4.69, 9.17) is 21.1 Å². The molecule has 3 aromatic rings. The predicted molar refractivity (Wildman–Crippen MR) is 143 cm³/mol. The van der Waals surface area contributed by atoms with Crippen molar-refractivity contribution in [1.29, 1.82) is 0 Å². The van der Waals surface area contributed by atoms with Crippen LogP contribution in [-0.4, -0.2) is 69.3 Å². The highest BCUT2D eigenvalue weighted by Crippen LogP contribution is 2.34. The van der Waals surface area contributed by atoms with E-state index in [1.165, 1.54) is 19.2 Å². The molecule has 2 aromatic carbocycles. The molecular weight excluding hydrogens is 540 g/mol. The van der Waals surface area contributed by atoms with Crippen molar-refractivity contribution in [2.24, 2.45) is 0 Å². The van der Waals surface area contributed by atoms with Crippen molar-refractivity contribution in [3.05, 3.63) is 40.9 Å². The molecule has 1 aromatic heterocycles. The fraction of sp³-hybridized carbons (Fsp3) is 0.375. The van der Waals surface area contributed by atoms with Crippen molar-refractivity contribution in [1.82, 2.24) is 15.2 Å². The van der Waals surface area contributed by atoms with E-state index >= 15 is 0 Å². The van der Waals surface area contributed by atoms with Crippen LogP contribution in [0.4, 0.5) is 9.93 Å². The number of hydrogen-bond donors (Lipinski definition) is 2. The second kappa shape index (κ2) is 11.2. The standard InChI is InChI=1S/C24H27ClN4O6S2/c1-4-35-20-12-16(17(25)13-19(20)34-3)22(30)27-23(31)28-24-26-18-6-5-15(11-21(18)36-24)37(32,33)14-7-9-29(2)10-8-14/h5-6,11-14H,4,7-10H2,1-3H3,(H2,26,27,28,30,31). The van der Waals surface area contributed by atoms with Gasteiger partial charge in [0.2, 0.25) is 0 Å². The highest BCUT2D eigenvalue weighted by molar-refractivity contribution is 7.92. The molecule has 10 nitrogen and oxygen atoms in total. The predicted octanol–water partition coefficient (Wildman–Crippen LogP) is 4.19. The Hall–Kier alpha value is -2.93. The smallest absolute Gasteiger partial charge is 0.327 e. The van der Waals surface area contributed by atoms with Gasteiger partial charge in [-0.1, -0.05) is 22.9 Å². The summed E-state index contributed by atoms with van der Waals surface area (Å²) < 4.78 is 37.5. The lowest BCUT2D eigenvalue weighted by atomic mass is 10.1. The number of fused-ring (bicyclic) bond motifs is 1. The Balaban J connectivity index is 1.47. The first-order chi connectivity index (χ1) is 17.6. The average molecular weight is 567 g/mol. The number of carbonyl (C=O) groups is 2. The minimum Gasteiger partial charge on any atom is -0.493 e. The van der Waals surface area contributed by atoms with Crippen LogP contribution in [0.15, 0.2) is 35.2 Å². The molecule has 0 saturated carbocycles. The van der Waals surface area contributed by atoms with Crippen LogP contribution in [0.3, 0.4) is 0 Å². The molecule has 0 radical (unpaired) electrons. The van der Waals surface area contributed by atoms with Gasteiger partial charge < -0.3 is 14.4 Å². The summed E-state index contributed by atoms with van der Waals surface area (Å²) in [4.78, 5) is 31.9. The summed E-state index contributed by atoms with van der Waals surface area (Å²) in [5.41, 5.74) is 0.572. The summed E-state index contributed by atoms with van der Waals surface area (Å²) in [6.07, 6.45) is 1.18. The highest BCUT2D eigenvalue weighted by atomic mass is 35.5. The van der Waals surface area contributed by atoms with Crippen molar-refractivity contribution >= 4 is 60.1 Å². The number of halogens is 1. The summed E-state index contributed by atoms with van der Waals surface area (Å²) in [5.74, 6) is -0.0598. The molecule has 1 fully saturated rings. The summed E-state index contributed by atoms with van der Waals surface area (Å²) in [6.45, 7) is 3.61. The average Bonchev–Trinajstić information content (AvgIpc) is 3.26. The summed E-state index contributed by atoms with van der Waals surface area (Å²) in [7, 11) is -0.0468. The quantitative estimate of drug-likeness (QED) is 0.436. The molecule has 0 bridgehead atoms. The van der Waals surface area contributed by atoms with Gasteiger partial charge in [0.1, 0.15) is 0 Å². The van der Waals surface area contributed by atoms with Crippen LogP contribution < -0.4 is 20.1 Å². The lowest BCUT2D eigenvalue weighted by Gasteiger charge is -2.28. The van der Waals surface area contributed by atoms with Crippen LogP contribution >= 0.6 is 22.9 Å². The minimum absolute atomic E-state index is 0.0362. The van der Waals surface area contributed by atoms with E-state index in [2.05, 4.69) is 20.5 Å². The molecule has 2 N–H and O–H groups in total. The van der Waals surface area contributed by atoms with Crippen molar-refractivity contribution in [2.45, 2.75) is 29.9 Å². The van der Waals surface area contributed by atoms with Gasteiger partial charge in [-0.05, 0) is 64.2 Å². The second-order valence-electron chi connectivity index (χ2n) is 8.52. The molecule has 2 heterocycles. The zero-order valence-electron chi connectivity index (χ0n) is 20.5. The number of thiazole rings is 1. The number of hydrogen-bond acceptors (Lipinski definition) is 9. The maximum absolute atomic E-state index is 13.1. The van der Waals surface area contributed by atoms with E-state index < -0.39 is 27.0 Å². The van der Waals surface area contributed by atoms with Crippen molar-refractivity contribution < 1.29 is 27.5 Å². The van der Waals surface area contributed by atoms with Crippen LogP contribution in [0.5, 0.6) is 11.5 Å². The molecule has 13 heteroatoms. The molecule has 1 aliphatic rings. The third-order valence-corrected chi connectivity index (χ3v) is 9.54. The lowest BCUT2D eigenvalue weighted by Crippen LogP contribution is -2.37. The molecule has 0 spiro atoms. The number of rotatable bonds is 7. The number of urea groups is 1. The number of carbonyl (C=O) groups excluding carboxylic acids is 2. The first-order valence-corrected chi connectivity index (χ1v) is 14.3. The Morgan fingerprint density at radius 1 is 1.19 bits per heavy atom. The number of methoxy groups -OCH3 is 1. The van der Waals surface area contributed by atoms with Crippen molar-refractivity contribution in [3.63, 3.8) is 0 Å². The maximum Gasteiger partial charge on any atom is 0.327 e. The molecule has 0 aliphatic carbocycles. The SMILES string of the molecule is CCOc1cc(C(=O)NC(=O)Nc2nc3ccc(S(=O)(=O)C4CCN(C)CC4)cc3s2)c(Cl)cc1OC. The first-order valence-electron chi connectivity index (χ1n) is 11.6. The van der Waals surface area contributed by atoms with Gasteiger partial charge in [-0.2, -0.15) is 0 Å². The molecular formula is C24H27ClN4O6S2. The normalized spacial score (nSPS) is 14.9. The number of nitrogens with one attached hydrogen (secondary N) is 2. The van der Waals surface area contributed by atoms with Crippen LogP contribution in [0.25, 0.3) is 10.2 Å². The Kier molecular flexibility index (Phi) is 8.22. The number of aromatic nitrogens is 1. The maximum atomic E-state index is 13.1. The molecule has 37 heavy (non-hydrogen) atoms. The third kappa shape index (κ3) is 5.98. The van der Waals surface area contributed by atoms with Gasteiger partial charge in [-0.15, -0.1) is 0 Å². The molecule has 4 rings (SSSR count). The van der Waals surface area contributed by atoms with Crippen molar-refractivity contribution in [2.75, 3.05) is 39.2 Å². The van der Waals surface area contributed by atoms with E-state index in [9.17, 15) is 18.0 Å². The number of likely N-dealkylation sites (tertiary alicyclic amines) is 1. The number of imide groups is 1. The van der Waals surface area contributed by atoms with E-state index in [0.29, 0.717) is 41.2 Å². The van der Waals surface area contributed by atoms with E-state index in [1.807, 2.05) is 7.05 Å². The van der Waals surface area contributed by atoms with Crippen LogP contribution in [0.2, 0.25) is 5.02 Å². The van der Waals surface area contributed by atoms with Gasteiger partial charge in [-0.3, -0.25) is 15.4 Å². The topological polar surface area (TPSA) is 127 Å². The summed E-state index contributed by atoms with van der Waals surface area (Å²) in [5, 5.41) is 4.62. The highest BCUT2D eigenvalue weighted by Gasteiger charge is 2.30. The lowest BCUT2D eigenvalue weighted by molar-refractivity contribution is 0.0966. The zero-order valence-corrected chi connectivity index (χ0v) is 22.9. The molecule has 1 saturated heterocycles. The van der Waals surface area contributed by atoms with Gasteiger partial charge in [0.25, 0.3) is 5.91 Å². The number of nitrogens with zero attached hydrogens (tertiary/aromatic N) is 2. The van der Waals surface area contributed by atoms with Crippen LogP contribution in [-0.2, 0) is 9.84 Å².